The number of amides is 2. The van der Waals surface area contributed by atoms with E-state index in [1.807, 2.05) is 0 Å². The smallest absolute Gasteiger partial charge is 0.251 e. The fourth-order valence-electron chi connectivity index (χ4n) is 1.99. The van der Waals surface area contributed by atoms with Crippen LogP contribution in [0.1, 0.15) is 24.2 Å². The summed E-state index contributed by atoms with van der Waals surface area (Å²) in [5, 5.41) is 5.89. The Morgan fingerprint density at radius 2 is 1.36 bits per heavy atom. The maximum absolute atomic E-state index is 12.1. The number of halogens is 1. The zero-order chi connectivity index (χ0) is 18.4. The highest BCUT2D eigenvalue weighted by Crippen LogP contribution is 2.14. The van der Waals surface area contributed by atoms with E-state index in [4.69, 9.17) is 11.6 Å². The highest BCUT2D eigenvalue weighted by atomic mass is 35.5. The number of carbonyl (C=O) groups is 3. The first kappa shape index (κ1) is 18.4. The molecule has 0 fully saturated rings. The molecule has 0 unspecified atom stereocenters. The van der Waals surface area contributed by atoms with Crippen molar-refractivity contribution in [3.8, 4) is 0 Å². The lowest BCUT2D eigenvalue weighted by Gasteiger charge is -2.07. The van der Waals surface area contributed by atoms with E-state index in [1.165, 1.54) is 13.0 Å². The standard InChI is InChI=1S/C19H17ClN2O3/c1-12(11-18(24)21-16-9-5-15(20)6-10-16)19(25)22-17-7-3-14(4-8-17)13(2)23/h3-11H,1-2H3,(H,21,24)(H,22,25)/b12-11-. The summed E-state index contributed by atoms with van der Waals surface area (Å²) in [6, 6.07) is 13.2. The van der Waals surface area contributed by atoms with Crippen molar-refractivity contribution in [1.82, 2.24) is 0 Å². The number of Topliss-reactive ketones (excluding diaryl/α,β-unsaturated/α-hetero) is 1. The van der Waals surface area contributed by atoms with E-state index < -0.39 is 11.8 Å². The van der Waals surface area contributed by atoms with Gasteiger partial charge in [-0.3, -0.25) is 14.4 Å². The number of benzene rings is 2. The van der Waals surface area contributed by atoms with Gasteiger partial charge >= 0.3 is 0 Å². The van der Waals surface area contributed by atoms with Gasteiger partial charge in [0.2, 0.25) is 5.91 Å². The third kappa shape index (κ3) is 5.58. The molecule has 5 nitrogen and oxygen atoms in total. The van der Waals surface area contributed by atoms with Gasteiger partial charge in [0.25, 0.3) is 5.91 Å². The van der Waals surface area contributed by atoms with Crippen molar-refractivity contribution >= 4 is 40.6 Å². The van der Waals surface area contributed by atoms with Gasteiger partial charge in [0.15, 0.2) is 5.78 Å². The summed E-state index contributed by atoms with van der Waals surface area (Å²) >= 11 is 5.78. The lowest BCUT2D eigenvalue weighted by atomic mass is 10.1. The molecular formula is C19H17ClN2O3. The Hall–Kier alpha value is -2.92. The molecule has 0 atom stereocenters. The van der Waals surface area contributed by atoms with Gasteiger partial charge in [0.1, 0.15) is 0 Å². The second-order valence-electron chi connectivity index (χ2n) is 5.41. The van der Waals surface area contributed by atoms with E-state index in [1.54, 1.807) is 55.5 Å². The monoisotopic (exact) mass is 356 g/mol. The normalized spacial score (nSPS) is 10.9. The van der Waals surface area contributed by atoms with Crippen LogP contribution in [0.3, 0.4) is 0 Å². The molecule has 0 aliphatic rings. The van der Waals surface area contributed by atoms with Gasteiger partial charge in [-0.15, -0.1) is 0 Å². The Bertz CT molecular complexity index is 825. The van der Waals surface area contributed by atoms with Crippen LogP contribution in [0.2, 0.25) is 5.02 Å². The van der Waals surface area contributed by atoms with Crippen molar-refractivity contribution in [3.63, 3.8) is 0 Å². The number of carbonyl (C=O) groups excluding carboxylic acids is 3. The summed E-state index contributed by atoms with van der Waals surface area (Å²) in [6.07, 6.45) is 1.22. The van der Waals surface area contributed by atoms with Crippen LogP contribution in [0.5, 0.6) is 0 Å². The van der Waals surface area contributed by atoms with E-state index in [2.05, 4.69) is 10.6 Å². The number of hydrogen-bond donors (Lipinski definition) is 2. The van der Waals surface area contributed by atoms with Crippen LogP contribution < -0.4 is 10.6 Å². The number of ketones is 1. The molecule has 2 aromatic carbocycles. The molecular weight excluding hydrogens is 340 g/mol. The minimum Gasteiger partial charge on any atom is -0.323 e. The largest absolute Gasteiger partial charge is 0.323 e. The predicted molar refractivity (Wildman–Crippen MR) is 98.9 cm³/mol. The Morgan fingerprint density at radius 1 is 0.840 bits per heavy atom. The molecule has 128 valence electrons. The minimum atomic E-state index is -0.415. The van der Waals surface area contributed by atoms with E-state index >= 15 is 0 Å². The van der Waals surface area contributed by atoms with Crippen LogP contribution in [0.4, 0.5) is 11.4 Å². The summed E-state index contributed by atoms with van der Waals surface area (Å²) < 4.78 is 0. The third-order valence-electron chi connectivity index (χ3n) is 3.37. The minimum absolute atomic E-state index is 0.0483. The van der Waals surface area contributed by atoms with Gasteiger partial charge in [-0.05, 0) is 62.4 Å². The average Bonchev–Trinajstić information content (AvgIpc) is 2.57. The molecule has 0 saturated heterocycles. The van der Waals surface area contributed by atoms with Crippen LogP contribution in [0.25, 0.3) is 0 Å². The molecule has 2 aromatic rings. The second-order valence-corrected chi connectivity index (χ2v) is 5.85. The molecule has 2 N–H and O–H groups in total. The highest BCUT2D eigenvalue weighted by Gasteiger charge is 2.08. The molecule has 0 aliphatic heterocycles. The summed E-state index contributed by atoms with van der Waals surface area (Å²) in [6.45, 7) is 3.01. The van der Waals surface area contributed by atoms with Gasteiger partial charge in [0, 0.05) is 33.6 Å². The maximum atomic E-state index is 12.1. The van der Waals surface area contributed by atoms with E-state index in [9.17, 15) is 14.4 Å². The van der Waals surface area contributed by atoms with Crippen LogP contribution in [-0.2, 0) is 9.59 Å². The molecule has 0 aromatic heterocycles. The summed E-state index contributed by atoms with van der Waals surface area (Å²) in [4.78, 5) is 35.3. The topological polar surface area (TPSA) is 75.3 Å². The molecule has 25 heavy (non-hydrogen) atoms. The average molecular weight is 357 g/mol. The first-order valence-electron chi connectivity index (χ1n) is 7.52. The molecule has 2 rings (SSSR count). The van der Waals surface area contributed by atoms with Crippen LogP contribution in [0, 0.1) is 0 Å². The first-order valence-corrected chi connectivity index (χ1v) is 7.90. The fourth-order valence-corrected chi connectivity index (χ4v) is 2.12. The van der Waals surface area contributed by atoms with Gasteiger partial charge < -0.3 is 10.6 Å². The number of anilines is 2. The molecule has 0 bridgehead atoms. The Balaban J connectivity index is 1.97. The lowest BCUT2D eigenvalue weighted by Crippen LogP contribution is -2.16. The van der Waals surface area contributed by atoms with Gasteiger partial charge in [0.05, 0.1) is 0 Å². The Morgan fingerprint density at radius 3 is 1.92 bits per heavy atom. The lowest BCUT2D eigenvalue weighted by molar-refractivity contribution is -0.114. The van der Waals surface area contributed by atoms with E-state index in [-0.39, 0.29) is 11.4 Å². The fraction of sp³-hybridized carbons (Fsp3) is 0.105. The molecule has 2 amide bonds. The maximum Gasteiger partial charge on any atom is 0.251 e. The molecule has 0 aliphatic carbocycles. The quantitative estimate of drug-likeness (QED) is 0.626. The first-order chi connectivity index (χ1) is 11.8. The summed E-state index contributed by atoms with van der Waals surface area (Å²) in [5.74, 6) is -0.864. The van der Waals surface area contributed by atoms with Crippen molar-refractivity contribution < 1.29 is 14.4 Å². The zero-order valence-corrected chi connectivity index (χ0v) is 14.6. The zero-order valence-electron chi connectivity index (χ0n) is 13.8. The van der Waals surface area contributed by atoms with Crippen molar-refractivity contribution in [2.45, 2.75) is 13.8 Å². The van der Waals surface area contributed by atoms with E-state index in [0.29, 0.717) is 22.0 Å². The van der Waals surface area contributed by atoms with Crippen molar-refractivity contribution in [2.24, 2.45) is 0 Å². The van der Waals surface area contributed by atoms with Gasteiger partial charge in [-0.25, -0.2) is 0 Å². The Labute approximate surface area is 150 Å². The van der Waals surface area contributed by atoms with Gasteiger partial charge in [-0.2, -0.15) is 0 Å². The molecule has 0 spiro atoms. The summed E-state index contributed by atoms with van der Waals surface area (Å²) in [7, 11) is 0. The van der Waals surface area contributed by atoms with Crippen molar-refractivity contribution in [1.29, 1.82) is 0 Å². The molecule has 0 radical (unpaired) electrons. The van der Waals surface area contributed by atoms with Crippen molar-refractivity contribution in [3.05, 3.63) is 70.8 Å². The van der Waals surface area contributed by atoms with Crippen molar-refractivity contribution in [2.75, 3.05) is 10.6 Å². The molecule has 0 heterocycles. The predicted octanol–water partition coefficient (Wildman–Crippen LogP) is 4.07. The Kier molecular flexibility index (Phi) is 6.08. The van der Waals surface area contributed by atoms with Crippen LogP contribution in [-0.4, -0.2) is 17.6 Å². The van der Waals surface area contributed by atoms with Crippen LogP contribution in [0.15, 0.2) is 60.2 Å². The second kappa shape index (κ2) is 8.26. The highest BCUT2D eigenvalue weighted by molar-refractivity contribution is 6.30. The van der Waals surface area contributed by atoms with Gasteiger partial charge in [-0.1, -0.05) is 11.6 Å². The summed E-state index contributed by atoms with van der Waals surface area (Å²) in [5.41, 5.74) is 1.94. The SMILES string of the molecule is CC(=O)c1ccc(NC(=O)/C(C)=C\C(=O)Nc2ccc(Cl)cc2)cc1. The van der Waals surface area contributed by atoms with Crippen LogP contribution >= 0.6 is 11.6 Å². The number of hydrogen-bond acceptors (Lipinski definition) is 3. The number of nitrogens with one attached hydrogen (secondary N) is 2. The molecule has 0 saturated carbocycles. The van der Waals surface area contributed by atoms with E-state index in [0.717, 1.165) is 0 Å². The number of rotatable bonds is 5. The third-order valence-corrected chi connectivity index (χ3v) is 3.62. The molecule has 6 heteroatoms.